The van der Waals surface area contributed by atoms with E-state index in [0.717, 1.165) is 19.1 Å². The molecule has 1 aliphatic carbocycles. The first-order valence-corrected chi connectivity index (χ1v) is 8.66. The van der Waals surface area contributed by atoms with Gasteiger partial charge in [-0.25, -0.2) is 4.68 Å². The van der Waals surface area contributed by atoms with Crippen LogP contribution in [-0.2, 0) is 11.3 Å². The molecule has 1 amide bonds. The minimum absolute atomic E-state index is 0.0280. The Hall–Kier alpha value is -1.43. The largest absolute Gasteiger partial charge is 0.354 e. The maximum absolute atomic E-state index is 11.9. The van der Waals surface area contributed by atoms with Gasteiger partial charge in [-0.3, -0.25) is 4.79 Å². The second-order valence-corrected chi connectivity index (χ2v) is 6.70. The van der Waals surface area contributed by atoms with Crippen LogP contribution < -0.4 is 5.32 Å². The third kappa shape index (κ3) is 4.29. The molecule has 1 N–H and O–H groups in total. The highest BCUT2D eigenvalue weighted by molar-refractivity contribution is 5.75. The first kappa shape index (κ1) is 15.5. The van der Waals surface area contributed by atoms with Crippen molar-refractivity contribution in [1.82, 2.24) is 25.2 Å². The summed E-state index contributed by atoms with van der Waals surface area (Å²) in [6.07, 6.45) is 12.7. The highest BCUT2D eigenvalue weighted by Crippen LogP contribution is 2.26. The lowest BCUT2D eigenvalue weighted by Crippen LogP contribution is -2.46. The third-order valence-electron chi connectivity index (χ3n) is 5.01. The van der Waals surface area contributed by atoms with Crippen LogP contribution in [0, 0.1) is 5.92 Å². The Bertz CT molecular complexity index is 455. The number of carbonyl (C=O) groups is 1. The fourth-order valence-electron chi connectivity index (χ4n) is 3.82. The van der Waals surface area contributed by atoms with Crippen LogP contribution in [0.25, 0.3) is 0 Å². The summed E-state index contributed by atoms with van der Waals surface area (Å²) in [6.45, 7) is 3.44. The Balaban J connectivity index is 1.41. The molecule has 0 aromatic carbocycles. The molecule has 1 saturated carbocycles. The summed E-state index contributed by atoms with van der Waals surface area (Å²) in [6, 6.07) is 0.794. The SMILES string of the molecule is O=C(Cn1ccnn1)NCC1CCCN(C2CCCCC2)C1. The molecule has 1 saturated heterocycles. The lowest BCUT2D eigenvalue weighted by atomic mass is 9.90. The van der Waals surface area contributed by atoms with Crippen LogP contribution in [0.2, 0.25) is 0 Å². The molecule has 1 aromatic heterocycles. The van der Waals surface area contributed by atoms with Crippen LogP contribution in [0.4, 0.5) is 0 Å². The van der Waals surface area contributed by atoms with E-state index in [4.69, 9.17) is 0 Å². The molecule has 2 aliphatic rings. The summed E-state index contributed by atoms with van der Waals surface area (Å²) < 4.78 is 1.56. The molecule has 3 rings (SSSR count). The van der Waals surface area contributed by atoms with Gasteiger partial charge in [-0.1, -0.05) is 24.5 Å². The maximum atomic E-state index is 11.9. The van der Waals surface area contributed by atoms with Gasteiger partial charge in [-0.05, 0) is 38.1 Å². The van der Waals surface area contributed by atoms with Crippen molar-refractivity contribution in [2.75, 3.05) is 19.6 Å². The van der Waals surface area contributed by atoms with Gasteiger partial charge in [0.25, 0.3) is 0 Å². The van der Waals surface area contributed by atoms with E-state index in [1.165, 1.54) is 51.5 Å². The average Bonchev–Trinajstić information content (AvgIpc) is 3.07. The van der Waals surface area contributed by atoms with Crippen LogP contribution in [0.3, 0.4) is 0 Å². The van der Waals surface area contributed by atoms with Crippen molar-refractivity contribution in [2.45, 2.75) is 57.5 Å². The van der Waals surface area contributed by atoms with Crippen molar-refractivity contribution < 1.29 is 4.79 Å². The summed E-state index contributed by atoms with van der Waals surface area (Å²) in [4.78, 5) is 14.6. The zero-order valence-corrected chi connectivity index (χ0v) is 13.3. The number of likely N-dealkylation sites (tertiary alicyclic amines) is 1. The van der Waals surface area contributed by atoms with E-state index < -0.39 is 0 Å². The molecule has 2 fully saturated rings. The van der Waals surface area contributed by atoms with Crippen molar-refractivity contribution in [3.8, 4) is 0 Å². The molecule has 6 nitrogen and oxygen atoms in total. The van der Waals surface area contributed by atoms with Crippen LogP contribution >= 0.6 is 0 Å². The van der Waals surface area contributed by atoms with E-state index in [-0.39, 0.29) is 12.5 Å². The van der Waals surface area contributed by atoms with Gasteiger partial charge in [0.05, 0.1) is 6.20 Å². The quantitative estimate of drug-likeness (QED) is 0.894. The summed E-state index contributed by atoms with van der Waals surface area (Å²) in [5.74, 6) is 0.621. The van der Waals surface area contributed by atoms with Gasteiger partial charge in [-0.15, -0.1) is 5.10 Å². The van der Waals surface area contributed by atoms with E-state index in [2.05, 4.69) is 20.5 Å². The number of hydrogen-bond donors (Lipinski definition) is 1. The second kappa shape index (κ2) is 7.72. The first-order valence-electron chi connectivity index (χ1n) is 8.66. The summed E-state index contributed by atoms with van der Waals surface area (Å²) in [7, 11) is 0. The number of aromatic nitrogens is 3. The molecule has 0 bridgehead atoms. The lowest BCUT2D eigenvalue weighted by Gasteiger charge is -2.40. The predicted octanol–water partition coefficient (Wildman–Crippen LogP) is 1.44. The van der Waals surface area contributed by atoms with E-state index in [0.29, 0.717) is 5.92 Å². The molecule has 1 aromatic rings. The van der Waals surface area contributed by atoms with Gasteiger partial charge in [0, 0.05) is 25.3 Å². The van der Waals surface area contributed by atoms with E-state index >= 15 is 0 Å². The molecule has 122 valence electrons. The molecule has 0 spiro atoms. The third-order valence-corrected chi connectivity index (χ3v) is 5.01. The van der Waals surface area contributed by atoms with Crippen LogP contribution in [0.5, 0.6) is 0 Å². The Kier molecular flexibility index (Phi) is 5.43. The maximum Gasteiger partial charge on any atom is 0.241 e. The van der Waals surface area contributed by atoms with E-state index in [1.807, 2.05) is 0 Å². The van der Waals surface area contributed by atoms with Crippen LogP contribution in [0.15, 0.2) is 12.4 Å². The van der Waals surface area contributed by atoms with E-state index in [9.17, 15) is 4.79 Å². The van der Waals surface area contributed by atoms with Gasteiger partial charge in [0.1, 0.15) is 6.54 Å². The predicted molar refractivity (Wildman–Crippen MR) is 84.2 cm³/mol. The van der Waals surface area contributed by atoms with Gasteiger partial charge >= 0.3 is 0 Å². The fourth-order valence-corrected chi connectivity index (χ4v) is 3.82. The highest BCUT2D eigenvalue weighted by Gasteiger charge is 2.27. The second-order valence-electron chi connectivity index (χ2n) is 6.70. The standard InChI is InChI=1S/C16H27N5O/c22-16(13-21-10-8-18-19-21)17-11-14-5-4-9-20(12-14)15-6-2-1-3-7-15/h8,10,14-15H,1-7,9,11-13H2,(H,17,22). The molecular weight excluding hydrogens is 278 g/mol. The minimum atomic E-state index is 0.0280. The highest BCUT2D eigenvalue weighted by atomic mass is 16.2. The van der Waals surface area contributed by atoms with Crippen molar-refractivity contribution in [3.05, 3.63) is 12.4 Å². The molecule has 2 heterocycles. The number of amides is 1. The van der Waals surface area contributed by atoms with Gasteiger partial charge in [0.2, 0.25) is 5.91 Å². The zero-order chi connectivity index (χ0) is 15.2. The normalized spacial score (nSPS) is 24.3. The molecule has 0 radical (unpaired) electrons. The Morgan fingerprint density at radius 3 is 2.82 bits per heavy atom. The Labute approximate surface area is 132 Å². The number of piperidine rings is 1. The smallest absolute Gasteiger partial charge is 0.241 e. The molecule has 6 heteroatoms. The fraction of sp³-hybridized carbons (Fsp3) is 0.812. The van der Waals surface area contributed by atoms with Gasteiger partial charge in [-0.2, -0.15) is 0 Å². The number of carbonyl (C=O) groups excluding carboxylic acids is 1. The number of hydrogen-bond acceptors (Lipinski definition) is 4. The van der Waals surface area contributed by atoms with Crippen molar-refractivity contribution >= 4 is 5.91 Å². The van der Waals surface area contributed by atoms with E-state index in [1.54, 1.807) is 17.1 Å². The molecule has 22 heavy (non-hydrogen) atoms. The number of nitrogens with one attached hydrogen (secondary N) is 1. The van der Waals surface area contributed by atoms with Crippen molar-refractivity contribution in [1.29, 1.82) is 0 Å². The number of rotatable bonds is 5. The monoisotopic (exact) mass is 305 g/mol. The summed E-state index contributed by atoms with van der Waals surface area (Å²) in [5.41, 5.74) is 0. The van der Waals surface area contributed by atoms with Crippen LogP contribution in [0.1, 0.15) is 44.9 Å². The van der Waals surface area contributed by atoms with Crippen molar-refractivity contribution in [2.24, 2.45) is 5.92 Å². The minimum Gasteiger partial charge on any atom is -0.354 e. The molecule has 1 unspecified atom stereocenters. The zero-order valence-electron chi connectivity index (χ0n) is 13.3. The van der Waals surface area contributed by atoms with Crippen LogP contribution in [-0.4, -0.2) is 51.5 Å². The summed E-state index contributed by atoms with van der Waals surface area (Å²) in [5, 5.41) is 10.6. The lowest BCUT2D eigenvalue weighted by molar-refractivity contribution is -0.122. The van der Waals surface area contributed by atoms with Crippen molar-refractivity contribution in [3.63, 3.8) is 0 Å². The Morgan fingerprint density at radius 2 is 2.05 bits per heavy atom. The molecule has 1 aliphatic heterocycles. The topological polar surface area (TPSA) is 63.1 Å². The summed E-state index contributed by atoms with van der Waals surface area (Å²) >= 11 is 0. The molecule has 1 atom stereocenters. The van der Waals surface area contributed by atoms with Gasteiger partial charge < -0.3 is 10.2 Å². The van der Waals surface area contributed by atoms with Gasteiger partial charge in [0.15, 0.2) is 0 Å². The average molecular weight is 305 g/mol. The first-order chi connectivity index (χ1) is 10.8. The number of nitrogens with zero attached hydrogens (tertiary/aromatic N) is 4. The molecular formula is C16H27N5O. The Morgan fingerprint density at radius 1 is 1.18 bits per heavy atom.